The van der Waals surface area contributed by atoms with Crippen LogP contribution in [0.1, 0.15) is 25.0 Å². The van der Waals surface area contributed by atoms with Crippen LogP contribution in [0.15, 0.2) is 45.9 Å². The van der Waals surface area contributed by atoms with Crippen molar-refractivity contribution >= 4 is 37.8 Å². The van der Waals surface area contributed by atoms with Gasteiger partial charge in [-0.3, -0.25) is 4.79 Å². The number of halogens is 5. The van der Waals surface area contributed by atoms with Crippen molar-refractivity contribution in [1.82, 2.24) is 0 Å². The van der Waals surface area contributed by atoms with Crippen LogP contribution in [-0.2, 0) is 22.8 Å². The first-order chi connectivity index (χ1) is 13.7. The second kappa shape index (κ2) is 8.64. The molecule has 0 aliphatic heterocycles. The molecule has 0 saturated heterocycles. The minimum absolute atomic E-state index is 0.0315. The van der Waals surface area contributed by atoms with Gasteiger partial charge in [0.05, 0.1) is 9.31 Å². The quantitative estimate of drug-likeness (QED) is 0.373. The maximum absolute atomic E-state index is 14.2. The molecule has 0 N–H and O–H groups in total. The molecule has 0 unspecified atom stereocenters. The van der Waals surface area contributed by atoms with Crippen LogP contribution in [0.25, 0.3) is 11.1 Å². The molecule has 2 aromatic rings. The molecule has 2 aromatic carbocycles. The van der Waals surface area contributed by atoms with Gasteiger partial charge in [0.2, 0.25) is 0 Å². The molecule has 1 aliphatic carbocycles. The van der Waals surface area contributed by atoms with E-state index in [1.54, 1.807) is 18.2 Å². The van der Waals surface area contributed by atoms with Crippen molar-refractivity contribution in [2.75, 3.05) is 0 Å². The fraction of sp³-hybridized carbons (Fsp3) is 0.318. The minimum atomic E-state index is -0.864. The van der Waals surface area contributed by atoms with Gasteiger partial charge in [-0.15, -0.1) is 0 Å². The van der Waals surface area contributed by atoms with Crippen molar-refractivity contribution in [2.24, 2.45) is 17.3 Å². The normalized spacial score (nSPS) is 19.6. The molecule has 0 bridgehead atoms. The number of carbonyl (C=O) groups excluding carboxylic acids is 1. The van der Waals surface area contributed by atoms with Gasteiger partial charge in [-0.1, -0.05) is 38.1 Å². The summed E-state index contributed by atoms with van der Waals surface area (Å²) in [5, 5.41) is 0. The summed E-state index contributed by atoms with van der Waals surface area (Å²) in [7, 11) is 0. The van der Waals surface area contributed by atoms with E-state index in [2.05, 4.69) is 31.9 Å². The number of hydrogen-bond acceptors (Lipinski definition) is 2. The number of rotatable bonds is 6. The average Bonchev–Trinajstić information content (AvgIpc) is 3.18. The Morgan fingerprint density at radius 1 is 1.17 bits per heavy atom. The average molecular weight is 532 g/mol. The zero-order chi connectivity index (χ0) is 21.3. The van der Waals surface area contributed by atoms with Gasteiger partial charge < -0.3 is 4.74 Å². The fourth-order valence-electron chi connectivity index (χ4n) is 3.70. The third kappa shape index (κ3) is 4.61. The summed E-state index contributed by atoms with van der Waals surface area (Å²) in [4.78, 5) is 12.6. The van der Waals surface area contributed by atoms with Gasteiger partial charge in [0.1, 0.15) is 24.9 Å². The summed E-state index contributed by atoms with van der Waals surface area (Å²) in [6.07, 6.45) is 1.91. The number of allylic oxidation sites excluding steroid dienone is 1. The zero-order valence-corrected chi connectivity index (χ0v) is 19.0. The Bertz CT molecular complexity index is 969. The predicted molar refractivity (Wildman–Crippen MR) is 113 cm³/mol. The lowest BCUT2D eigenvalue weighted by Crippen LogP contribution is -2.11. The second-order valence-corrected chi connectivity index (χ2v) is 10.4. The smallest absolute Gasteiger partial charge is 0.310 e. The van der Waals surface area contributed by atoms with Gasteiger partial charge >= 0.3 is 5.97 Å². The highest BCUT2D eigenvalue weighted by Gasteiger charge is 2.61. The van der Waals surface area contributed by atoms with Crippen LogP contribution in [0, 0.1) is 28.9 Å². The summed E-state index contributed by atoms with van der Waals surface area (Å²) >= 11 is 6.62. The first kappa shape index (κ1) is 22.1. The first-order valence-corrected chi connectivity index (χ1v) is 10.6. The monoisotopic (exact) mass is 530 g/mol. The number of carbonyl (C=O) groups is 1. The van der Waals surface area contributed by atoms with E-state index in [0.717, 1.165) is 15.5 Å². The molecular weight excluding hydrogens is 513 g/mol. The lowest BCUT2D eigenvalue weighted by atomic mass is 9.96. The van der Waals surface area contributed by atoms with Crippen molar-refractivity contribution in [3.05, 3.63) is 68.6 Å². The molecule has 0 amide bonds. The molecule has 2 atom stereocenters. The molecule has 1 saturated carbocycles. The van der Waals surface area contributed by atoms with E-state index in [1.165, 1.54) is 6.07 Å². The first-order valence-electron chi connectivity index (χ1n) is 8.98. The molecule has 2 nitrogen and oxygen atoms in total. The highest BCUT2D eigenvalue weighted by molar-refractivity contribution is 9.28. The molecule has 154 valence electrons. The fourth-order valence-corrected chi connectivity index (χ4v) is 4.27. The lowest BCUT2D eigenvalue weighted by Gasteiger charge is -2.14. The molecule has 1 fully saturated rings. The molecule has 1 aliphatic rings. The van der Waals surface area contributed by atoms with Crippen LogP contribution >= 0.6 is 31.9 Å². The standard InChI is InChI=1S/C22H19Br2F3O2/c1-22(2)17(9-19(23)24)20(22)21(28)29-11-12-4-3-5-14(16(12)10-25)15-7-6-13(26)8-18(15)27/h3-9,17,20H,10-11H2,1-2H3/t17-,20-/m0/s1. The van der Waals surface area contributed by atoms with Gasteiger partial charge in [0.15, 0.2) is 0 Å². The maximum Gasteiger partial charge on any atom is 0.310 e. The van der Waals surface area contributed by atoms with Gasteiger partial charge in [0.25, 0.3) is 0 Å². The molecule has 0 heterocycles. The van der Waals surface area contributed by atoms with Crippen molar-refractivity contribution in [3.63, 3.8) is 0 Å². The van der Waals surface area contributed by atoms with Gasteiger partial charge in [0, 0.05) is 11.6 Å². The zero-order valence-electron chi connectivity index (χ0n) is 15.8. The molecule has 3 rings (SSSR count). The Morgan fingerprint density at radius 2 is 1.90 bits per heavy atom. The van der Waals surface area contributed by atoms with Crippen molar-refractivity contribution in [2.45, 2.75) is 27.1 Å². The van der Waals surface area contributed by atoms with Crippen LogP contribution in [0.5, 0.6) is 0 Å². The highest BCUT2D eigenvalue weighted by Crippen LogP contribution is 2.60. The molecule has 7 heteroatoms. The van der Waals surface area contributed by atoms with Crippen LogP contribution in [-0.4, -0.2) is 5.97 Å². The van der Waals surface area contributed by atoms with Crippen molar-refractivity contribution < 1.29 is 22.7 Å². The van der Waals surface area contributed by atoms with E-state index in [9.17, 15) is 18.0 Å². The molecule has 29 heavy (non-hydrogen) atoms. The molecule has 0 spiro atoms. The summed E-state index contributed by atoms with van der Waals surface area (Å²) < 4.78 is 47.4. The largest absolute Gasteiger partial charge is 0.461 e. The molecule has 0 radical (unpaired) electrons. The van der Waals surface area contributed by atoms with E-state index in [1.807, 2.05) is 19.9 Å². The maximum atomic E-state index is 14.2. The Labute approximate surface area is 184 Å². The third-order valence-electron chi connectivity index (χ3n) is 5.47. The van der Waals surface area contributed by atoms with Crippen LogP contribution in [0.3, 0.4) is 0 Å². The summed E-state index contributed by atoms with van der Waals surface area (Å²) in [6.45, 7) is 2.98. The Balaban J connectivity index is 1.80. The predicted octanol–water partition coefficient (Wildman–Crippen LogP) is 7.05. The molecular formula is C22H19Br2F3O2. The van der Waals surface area contributed by atoms with E-state index in [4.69, 9.17) is 4.74 Å². The van der Waals surface area contributed by atoms with E-state index in [-0.39, 0.29) is 41.0 Å². The van der Waals surface area contributed by atoms with Gasteiger partial charge in [-0.05, 0) is 72.0 Å². The number of hydrogen-bond donors (Lipinski definition) is 0. The number of alkyl halides is 1. The summed E-state index contributed by atoms with van der Waals surface area (Å²) in [5.41, 5.74) is 0.860. The lowest BCUT2D eigenvalue weighted by molar-refractivity contribution is -0.147. The van der Waals surface area contributed by atoms with E-state index >= 15 is 0 Å². The van der Waals surface area contributed by atoms with E-state index < -0.39 is 18.3 Å². The second-order valence-electron chi connectivity index (χ2n) is 7.59. The summed E-state index contributed by atoms with van der Waals surface area (Å²) in [6, 6.07) is 7.99. The Morgan fingerprint density at radius 3 is 2.52 bits per heavy atom. The Hall–Kier alpha value is -1.60. The van der Waals surface area contributed by atoms with E-state index in [0.29, 0.717) is 11.1 Å². The SMILES string of the molecule is CC1(C)[C@H](C(=O)OCc2cccc(-c3ccc(F)cc3F)c2CF)[C@@H]1C=C(Br)Br. The highest BCUT2D eigenvalue weighted by atomic mass is 79.9. The Kier molecular flexibility index (Phi) is 6.58. The van der Waals surface area contributed by atoms with Crippen LogP contribution < -0.4 is 0 Å². The number of esters is 1. The summed E-state index contributed by atoms with van der Waals surface area (Å²) in [5.74, 6) is -2.10. The van der Waals surface area contributed by atoms with Crippen LogP contribution in [0.2, 0.25) is 0 Å². The number of ether oxygens (including phenoxy) is 1. The van der Waals surface area contributed by atoms with Crippen molar-refractivity contribution in [1.29, 1.82) is 0 Å². The topological polar surface area (TPSA) is 26.3 Å². The van der Waals surface area contributed by atoms with Gasteiger partial charge in [-0.25, -0.2) is 13.2 Å². The van der Waals surface area contributed by atoms with Crippen LogP contribution in [0.4, 0.5) is 13.2 Å². The minimum Gasteiger partial charge on any atom is -0.461 e. The molecule has 0 aromatic heterocycles. The van der Waals surface area contributed by atoms with Gasteiger partial charge in [-0.2, -0.15) is 0 Å². The number of benzene rings is 2. The van der Waals surface area contributed by atoms with Crippen molar-refractivity contribution in [3.8, 4) is 11.1 Å². The third-order valence-corrected chi connectivity index (χ3v) is 6.00.